The van der Waals surface area contributed by atoms with Gasteiger partial charge in [-0.1, -0.05) is 29.3 Å². The van der Waals surface area contributed by atoms with Crippen molar-refractivity contribution in [2.45, 2.75) is 44.4 Å². The predicted octanol–water partition coefficient (Wildman–Crippen LogP) is 3.78. The monoisotopic (exact) mass is 273 g/mol. The Balaban J connectivity index is 1.89. The van der Waals surface area contributed by atoms with Crippen molar-refractivity contribution in [3.05, 3.63) is 33.8 Å². The topological polar surface area (TPSA) is 35.2 Å². The van der Waals surface area contributed by atoms with Crippen LogP contribution in [0.25, 0.3) is 0 Å². The molecule has 0 unspecified atom stereocenters. The molecule has 1 aromatic carbocycles. The van der Waals surface area contributed by atoms with E-state index in [9.17, 15) is 0 Å². The summed E-state index contributed by atoms with van der Waals surface area (Å²) >= 11 is 12.2. The lowest BCUT2D eigenvalue weighted by Gasteiger charge is -2.26. The number of rotatable bonds is 3. The van der Waals surface area contributed by atoms with Crippen molar-refractivity contribution in [3.63, 3.8) is 0 Å². The first-order valence-corrected chi connectivity index (χ1v) is 6.72. The summed E-state index contributed by atoms with van der Waals surface area (Å²) in [6, 6.07) is 5.86. The van der Waals surface area contributed by atoms with Crippen molar-refractivity contribution in [1.82, 2.24) is 0 Å². The fourth-order valence-electron chi connectivity index (χ4n) is 2.13. The van der Waals surface area contributed by atoms with Crippen molar-refractivity contribution in [3.8, 4) is 0 Å². The summed E-state index contributed by atoms with van der Waals surface area (Å²) in [5.74, 6) is 0. The molecule has 2 rings (SSSR count). The SMILES string of the molecule is NC1CCC(OCc2c(Cl)cccc2Cl)CC1. The Bertz CT molecular complexity index is 355. The Hall–Kier alpha value is -0.280. The number of hydrogen-bond donors (Lipinski definition) is 1. The molecule has 0 saturated heterocycles. The number of halogens is 2. The minimum absolute atomic E-state index is 0.294. The van der Waals surface area contributed by atoms with Gasteiger partial charge in [-0.3, -0.25) is 0 Å². The third-order valence-electron chi connectivity index (χ3n) is 3.24. The van der Waals surface area contributed by atoms with Gasteiger partial charge in [0.15, 0.2) is 0 Å². The van der Waals surface area contributed by atoms with E-state index in [1.807, 2.05) is 18.2 Å². The van der Waals surface area contributed by atoms with E-state index < -0.39 is 0 Å². The van der Waals surface area contributed by atoms with E-state index in [1.165, 1.54) is 0 Å². The Morgan fingerprint density at radius 2 is 1.71 bits per heavy atom. The zero-order valence-corrected chi connectivity index (χ0v) is 11.2. The van der Waals surface area contributed by atoms with E-state index in [-0.39, 0.29) is 0 Å². The number of benzene rings is 1. The van der Waals surface area contributed by atoms with E-state index in [1.54, 1.807) is 0 Å². The molecule has 0 radical (unpaired) electrons. The Kier molecular flexibility index (Phi) is 4.69. The summed E-state index contributed by atoms with van der Waals surface area (Å²) in [7, 11) is 0. The summed E-state index contributed by atoms with van der Waals surface area (Å²) in [5.41, 5.74) is 6.73. The van der Waals surface area contributed by atoms with Crippen molar-refractivity contribution in [2.24, 2.45) is 5.73 Å². The van der Waals surface area contributed by atoms with Gasteiger partial charge in [0.1, 0.15) is 0 Å². The van der Waals surface area contributed by atoms with Gasteiger partial charge < -0.3 is 10.5 Å². The molecule has 1 saturated carbocycles. The summed E-state index contributed by atoms with van der Waals surface area (Å²) in [6.45, 7) is 0.485. The molecular formula is C13H17Cl2NO. The van der Waals surface area contributed by atoms with E-state index in [4.69, 9.17) is 33.7 Å². The van der Waals surface area contributed by atoms with Crippen LogP contribution in [-0.4, -0.2) is 12.1 Å². The molecule has 0 atom stereocenters. The van der Waals surface area contributed by atoms with Gasteiger partial charge in [0.05, 0.1) is 12.7 Å². The molecule has 0 amide bonds. The standard InChI is InChI=1S/C13H17Cl2NO/c14-12-2-1-3-13(15)11(12)8-17-10-6-4-9(16)5-7-10/h1-3,9-10H,4-8,16H2. The van der Waals surface area contributed by atoms with Crippen LogP contribution in [-0.2, 0) is 11.3 Å². The molecule has 0 aliphatic heterocycles. The molecule has 17 heavy (non-hydrogen) atoms. The lowest BCUT2D eigenvalue weighted by Crippen LogP contribution is -2.30. The molecule has 0 heterocycles. The third-order valence-corrected chi connectivity index (χ3v) is 3.95. The van der Waals surface area contributed by atoms with Gasteiger partial charge in [-0.15, -0.1) is 0 Å². The molecule has 4 heteroatoms. The van der Waals surface area contributed by atoms with Gasteiger partial charge in [0.2, 0.25) is 0 Å². The normalized spacial score (nSPS) is 24.9. The van der Waals surface area contributed by atoms with Crippen LogP contribution in [0.4, 0.5) is 0 Å². The highest BCUT2D eigenvalue weighted by Gasteiger charge is 2.19. The van der Waals surface area contributed by atoms with Crippen molar-refractivity contribution < 1.29 is 4.74 Å². The first-order valence-electron chi connectivity index (χ1n) is 5.97. The molecule has 1 aliphatic rings. The molecule has 94 valence electrons. The van der Waals surface area contributed by atoms with Gasteiger partial charge >= 0.3 is 0 Å². The summed E-state index contributed by atoms with van der Waals surface area (Å²) in [6.07, 6.45) is 4.44. The zero-order valence-electron chi connectivity index (χ0n) is 9.66. The lowest BCUT2D eigenvalue weighted by atomic mass is 9.94. The molecule has 1 fully saturated rings. The van der Waals surface area contributed by atoms with E-state index in [2.05, 4.69) is 0 Å². The van der Waals surface area contributed by atoms with Crippen molar-refractivity contribution >= 4 is 23.2 Å². The Morgan fingerprint density at radius 3 is 2.29 bits per heavy atom. The molecule has 0 spiro atoms. The molecule has 0 aromatic heterocycles. The second kappa shape index (κ2) is 6.05. The molecule has 1 aromatic rings. The minimum Gasteiger partial charge on any atom is -0.373 e. The van der Waals surface area contributed by atoms with E-state index in [0.29, 0.717) is 28.8 Å². The molecular weight excluding hydrogens is 257 g/mol. The Labute approximate surface area is 112 Å². The zero-order chi connectivity index (χ0) is 12.3. The van der Waals surface area contributed by atoms with Crippen molar-refractivity contribution in [2.75, 3.05) is 0 Å². The lowest BCUT2D eigenvalue weighted by molar-refractivity contribution is 0.0139. The highest BCUT2D eigenvalue weighted by molar-refractivity contribution is 6.35. The van der Waals surface area contributed by atoms with Crippen LogP contribution < -0.4 is 5.73 Å². The smallest absolute Gasteiger partial charge is 0.0749 e. The fourth-order valence-corrected chi connectivity index (χ4v) is 2.63. The third kappa shape index (κ3) is 3.59. The fraction of sp³-hybridized carbons (Fsp3) is 0.538. The van der Waals surface area contributed by atoms with Crippen LogP contribution in [0.5, 0.6) is 0 Å². The average molecular weight is 274 g/mol. The Morgan fingerprint density at radius 1 is 1.12 bits per heavy atom. The largest absolute Gasteiger partial charge is 0.373 e. The molecule has 1 aliphatic carbocycles. The second-order valence-electron chi connectivity index (χ2n) is 4.55. The van der Waals surface area contributed by atoms with Crippen LogP contribution >= 0.6 is 23.2 Å². The maximum Gasteiger partial charge on any atom is 0.0749 e. The van der Waals surface area contributed by atoms with Gasteiger partial charge in [-0.25, -0.2) is 0 Å². The van der Waals surface area contributed by atoms with Gasteiger partial charge in [0, 0.05) is 21.7 Å². The van der Waals surface area contributed by atoms with E-state index in [0.717, 1.165) is 31.2 Å². The predicted molar refractivity (Wildman–Crippen MR) is 71.5 cm³/mol. The maximum absolute atomic E-state index is 6.09. The van der Waals surface area contributed by atoms with Gasteiger partial charge in [-0.05, 0) is 37.8 Å². The minimum atomic E-state index is 0.294. The van der Waals surface area contributed by atoms with Crippen LogP contribution in [0, 0.1) is 0 Å². The summed E-state index contributed by atoms with van der Waals surface area (Å²) < 4.78 is 5.85. The molecule has 0 bridgehead atoms. The first kappa shape index (κ1) is 13.2. The number of ether oxygens (including phenoxy) is 1. The van der Waals surface area contributed by atoms with Crippen LogP contribution in [0.3, 0.4) is 0 Å². The first-order chi connectivity index (χ1) is 8.16. The van der Waals surface area contributed by atoms with Crippen molar-refractivity contribution in [1.29, 1.82) is 0 Å². The summed E-state index contributed by atoms with van der Waals surface area (Å²) in [4.78, 5) is 0. The van der Waals surface area contributed by atoms with E-state index >= 15 is 0 Å². The number of nitrogens with two attached hydrogens (primary N) is 1. The van der Waals surface area contributed by atoms with Crippen LogP contribution in [0.15, 0.2) is 18.2 Å². The highest BCUT2D eigenvalue weighted by atomic mass is 35.5. The maximum atomic E-state index is 6.09. The number of hydrogen-bond acceptors (Lipinski definition) is 2. The highest BCUT2D eigenvalue weighted by Crippen LogP contribution is 2.27. The van der Waals surface area contributed by atoms with Crippen LogP contribution in [0.2, 0.25) is 10.0 Å². The van der Waals surface area contributed by atoms with Gasteiger partial charge in [0.25, 0.3) is 0 Å². The summed E-state index contributed by atoms with van der Waals surface area (Å²) in [5, 5.41) is 1.34. The molecule has 2 N–H and O–H groups in total. The van der Waals surface area contributed by atoms with Crippen LogP contribution in [0.1, 0.15) is 31.2 Å². The quantitative estimate of drug-likeness (QED) is 0.910. The average Bonchev–Trinajstić information content (AvgIpc) is 2.31. The van der Waals surface area contributed by atoms with Gasteiger partial charge in [-0.2, -0.15) is 0 Å². The molecule has 2 nitrogen and oxygen atoms in total. The second-order valence-corrected chi connectivity index (χ2v) is 5.36.